The van der Waals surface area contributed by atoms with Crippen LogP contribution in [0.25, 0.3) is 0 Å². The van der Waals surface area contributed by atoms with E-state index in [0.717, 1.165) is 21.8 Å². The van der Waals surface area contributed by atoms with Crippen molar-refractivity contribution >= 4 is 35.6 Å². The van der Waals surface area contributed by atoms with Crippen molar-refractivity contribution in [2.75, 3.05) is 5.75 Å². The molecular weight excluding hydrogens is 400 g/mol. The summed E-state index contributed by atoms with van der Waals surface area (Å²) in [4.78, 5) is 22.9. The van der Waals surface area contributed by atoms with Crippen molar-refractivity contribution in [3.8, 4) is 0 Å². The van der Waals surface area contributed by atoms with Crippen molar-refractivity contribution in [1.82, 2.24) is 15.4 Å². The van der Waals surface area contributed by atoms with Crippen molar-refractivity contribution in [2.45, 2.75) is 35.7 Å². The van der Waals surface area contributed by atoms with E-state index in [1.165, 1.54) is 22.2 Å². The Labute approximate surface area is 179 Å². The smallest absolute Gasteiger partial charge is 0.250 e. The molecule has 0 saturated heterocycles. The quantitative estimate of drug-likeness (QED) is 0.256. The Bertz CT molecular complexity index is 982. The molecule has 5 nitrogen and oxygen atoms in total. The molecule has 0 bridgehead atoms. The van der Waals surface area contributed by atoms with E-state index in [0.29, 0.717) is 5.16 Å². The lowest BCUT2D eigenvalue weighted by atomic mass is 10.2. The van der Waals surface area contributed by atoms with Crippen LogP contribution < -0.4 is 5.43 Å². The Morgan fingerprint density at radius 3 is 2.17 bits per heavy atom. The molecule has 0 fully saturated rings. The number of aryl methyl sites for hydroxylation is 3. The maximum absolute atomic E-state index is 12.0. The van der Waals surface area contributed by atoms with Gasteiger partial charge in [-0.1, -0.05) is 53.4 Å². The number of rotatable bonds is 7. The van der Waals surface area contributed by atoms with Crippen molar-refractivity contribution in [1.29, 1.82) is 0 Å². The first-order valence-electron chi connectivity index (χ1n) is 9.09. The lowest BCUT2D eigenvalue weighted by molar-refractivity contribution is -0.118. The predicted molar refractivity (Wildman–Crippen MR) is 120 cm³/mol. The summed E-state index contributed by atoms with van der Waals surface area (Å²) in [6, 6.07) is 18.4. The molecule has 7 heteroatoms. The van der Waals surface area contributed by atoms with E-state index >= 15 is 0 Å². The number of carbonyl (C=O) groups excluding carboxylic acids is 1. The number of carbonyl (C=O) groups is 1. The molecule has 1 heterocycles. The third kappa shape index (κ3) is 7.03. The lowest BCUT2D eigenvalue weighted by Gasteiger charge is -2.03. The number of benzene rings is 2. The van der Waals surface area contributed by atoms with Crippen molar-refractivity contribution in [3.05, 3.63) is 77.1 Å². The van der Waals surface area contributed by atoms with Gasteiger partial charge in [-0.15, -0.1) is 0 Å². The summed E-state index contributed by atoms with van der Waals surface area (Å²) in [5, 5.41) is 4.63. The van der Waals surface area contributed by atoms with Gasteiger partial charge in [-0.3, -0.25) is 4.79 Å². The topological polar surface area (TPSA) is 67.2 Å². The lowest BCUT2D eigenvalue weighted by Crippen LogP contribution is -2.19. The molecule has 3 aromatic rings. The van der Waals surface area contributed by atoms with E-state index in [-0.39, 0.29) is 11.7 Å². The standard InChI is InChI=1S/C22H22N4OS2/c1-15-4-8-19(9-5-15)29-20-10-6-18(7-11-20)13-23-26-21(27)14-28-22-24-16(2)12-17(3)25-22/h4-13H,14H2,1-3H3,(H,26,27)/b23-13-. The summed E-state index contributed by atoms with van der Waals surface area (Å²) in [7, 11) is 0. The van der Waals surface area contributed by atoms with Crippen LogP contribution in [0.4, 0.5) is 0 Å². The van der Waals surface area contributed by atoms with Crippen LogP contribution in [0.15, 0.2) is 74.6 Å². The highest BCUT2D eigenvalue weighted by Crippen LogP contribution is 2.27. The van der Waals surface area contributed by atoms with Crippen molar-refractivity contribution < 1.29 is 4.79 Å². The van der Waals surface area contributed by atoms with Gasteiger partial charge < -0.3 is 0 Å². The number of hydrogen-bond acceptors (Lipinski definition) is 6. The van der Waals surface area contributed by atoms with E-state index in [1.807, 2.05) is 44.2 Å². The van der Waals surface area contributed by atoms with Crippen LogP contribution in [-0.4, -0.2) is 27.8 Å². The second-order valence-electron chi connectivity index (χ2n) is 6.50. The third-order valence-corrected chi connectivity index (χ3v) is 5.70. The van der Waals surface area contributed by atoms with Crippen LogP contribution in [0.1, 0.15) is 22.5 Å². The first-order chi connectivity index (χ1) is 14.0. The number of nitrogens with one attached hydrogen (secondary N) is 1. The van der Waals surface area contributed by atoms with Gasteiger partial charge in [0.1, 0.15) is 0 Å². The third-order valence-electron chi connectivity index (χ3n) is 3.83. The van der Waals surface area contributed by atoms with Crippen LogP contribution in [0.5, 0.6) is 0 Å². The van der Waals surface area contributed by atoms with Crippen LogP contribution in [-0.2, 0) is 4.79 Å². The van der Waals surface area contributed by atoms with Gasteiger partial charge in [0.15, 0.2) is 5.16 Å². The molecule has 1 N–H and O–H groups in total. The molecule has 0 aliphatic rings. The Balaban J connectivity index is 1.47. The number of nitrogens with zero attached hydrogens (tertiary/aromatic N) is 3. The fourth-order valence-electron chi connectivity index (χ4n) is 2.46. The Kier molecular flexibility index (Phi) is 7.43. The van der Waals surface area contributed by atoms with Crippen molar-refractivity contribution in [3.63, 3.8) is 0 Å². The van der Waals surface area contributed by atoms with Gasteiger partial charge in [0.05, 0.1) is 12.0 Å². The first kappa shape index (κ1) is 21.1. The number of aromatic nitrogens is 2. The number of amides is 1. The highest BCUT2D eigenvalue weighted by molar-refractivity contribution is 7.99. The molecular formula is C22H22N4OS2. The molecule has 2 aromatic carbocycles. The van der Waals surface area contributed by atoms with E-state index in [9.17, 15) is 4.79 Å². The predicted octanol–water partition coefficient (Wildman–Crippen LogP) is 4.80. The largest absolute Gasteiger partial charge is 0.272 e. The summed E-state index contributed by atoms with van der Waals surface area (Å²) in [6.07, 6.45) is 1.64. The number of thioether (sulfide) groups is 1. The molecule has 0 aliphatic heterocycles. The van der Waals surface area contributed by atoms with Gasteiger partial charge in [0, 0.05) is 21.2 Å². The van der Waals surface area contributed by atoms with E-state index < -0.39 is 0 Å². The average molecular weight is 423 g/mol. The molecule has 148 valence electrons. The van der Waals surface area contributed by atoms with Gasteiger partial charge >= 0.3 is 0 Å². The van der Waals surface area contributed by atoms with Gasteiger partial charge in [-0.2, -0.15) is 5.10 Å². The van der Waals surface area contributed by atoms with Crippen LogP contribution in [0.3, 0.4) is 0 Å². The minimum absolute atomic E-state index is 0.194. The summed E-state index contributed by atoms with van der Waals surface area (Å²) in [5.41, 5.74) is 6.49. The SMILES string of the molecule is Cc1ccc(Sc2ccc(/C=N\NC(=O)CSc3nc(C)cc(C)n3)cc2)cc1. The van der Waals surface area contributed by atoms with Gasteiger partial charge in [0.25, 0.3) is 5.91 Å². The molecule has 0 saturated carbocycles. The molecule has 1 aromatic heterocycles. The maximum atomic E-state index is 12.0. The summed E-state index contributed by atoms with van der Waals surface area (Å²) in [6.45, 7) is 5.90. The molecule has 0 spiro atoms. The Morgan fingerprint density at radius 2 is 1.55 bits per heavy atom. The summed E-state index contributed by atoms with van der Waals surface area (Å²) in [5.74, 6) is 0.0207. The molecule has 0 radical (unpaired) electrons. The minimum atomic E-state index is -0.194. The van der Waals surface area contributed by atoms with Crippen LogP contribution >= 0.6 is 23.5 Å². The monoisotopic (exact) mass is 422 g/mol. The van der Waals surface area contributed by atoms with Crippen molar-refractivity contribution in [2.24, 2.45) is 5.10 Å². The highest BCUT2D eigenvalue weighted by atomic mass is 32.2. The number of hydrogen-bond donors (Lipinski definition) is 1. The van der Waals surface area contributed by atoms with E-state index in [1.54, 1.807) is 18.0 Å². The van der Waals surface area contributed by atoms with Gasteiger partial charge in [-0.05, 0) is 56.7 Å². The Morgan fingerprint density at radius 1 is 0.966 bits per heavy atom. The average Bonchev–Trinajstić information content (AvgIpc) is 2.69. The van der Waals surface area contributed by atoms with Crippen LogP contribution in [0, 0.1) is 20.8 Å². The fourth-order valence-corrected chi connectivity index (χ4v) is 4.02. The summed E-state index contributed by atoms with van der Waals surface area (Å²) < 4.78 is 0. The second-order valence-corrected chi connectivity index (χ2v) is 8.59. The summed E-state index contributed by atoms with van der Waals surface area (Å²) >= 11 is 3.01. The molecule has 29 heavy (non-hydrogen) atoms. The van der Waals surface area contributed by atoms with Gasteiger partial charge in [-0.25, -0.2) is 15.4 Å². The second kappa shape index (κ2) is 10.2. The van der Waals surface area contributed by atoms with Gasteiger partial charge in [0.2, 0.25) is 0 Å². The molecule has 3 rings (SSSR count). The first-order valence-corrected chi connectivity index (χ1v) is 10.9. The normalized spacial score (nSPS) is 11.0. The molecule has 0 atom stereocenters. The van der Waals surface area contributed by atoms with E-state index in [4.69, 9.17) is 0 Å². The molecule has 1 amide bonds. The highest BCUT2D eigenvalue weighted by Gasteiger charge is 2.05. The fraction of sp³-hybridized carbons (Fsp3) is 0.182. The minimum Gasteiger partial charge on any atom is -0.272 e. The zero-order valence-corrected chi connectivity index (χ0v) is 18.2. The van der Waals surface area contributed by atoms with Crippen LogP contribution in [0.2, 0.25) is 0 Å². The molecule has 0 unspecified atom stereocenters. The van der Waals surface area contributed by atoms with E-state index in [2.05, 4.69) is 51.7 Å². The maximum Gasteiger partial charge on any atom is 0.250 e. The number of hydrazone groups is 1. The zero-order chi connectivity index (χ0) is 20.6. The Hall–Kier alpha value is -2.64. The zero-order valence-electron chi connectivity index (χ0n) is 16.5. The molecule has 0 aliphatic carbocycles.